The van der Waals surface area contributed by atoms with Gasteiger partial charge in [-0.25, -0.2) is 15.0 Å². The molecule has 1 aliphatic rings. The van der Waals surface area contributed by atoms with Crippen LogP contribution in [0.15, 0.2) is 39.9 Å². The molecule has 0 bridgehead atoms. The molecule has 4 rings (SSSR count). The Labute approximate surface area is 187 Å². The van der Waals surface area contributed by atoms with E-state index in [1.165, 1.54) is 17.1 Å². The molecule has 0 spiro atoms. The molecule has 0 radical (unpaired) electrons. The first-order valence-corrected chi connectivity index (χ1v) is 11.6. The first-order chi connectivity index (χ1) is 15.2. The van der Waals surface area contributed by atoms with E-state index in [-0.39, 0.29) is 0 Å². The molecule has 31 heavy (non-hydrogen) atoms. The zero-order valence-corrected chi connectivity index (χ0v) is 19.2. The number of anilines is 1. The van der Waals surface area contributed by atoms with Gasteiger partial charge in [0.1, 0.15) is 12.4 Å². The third kappa shape index (κ3) is 5.22. The molecule has 8 nitrogen and oxygen atoms in total. The summed E-state index contributed by atoms with van der Waals surface area (Å²) in [6.07, 6.45) is 2.65. The van der Waals surface area contributed by atoms with E-state index < -0.39 is 0 Å². The van der Waals surface area contributed by atoms with Crippen molar-refractivity contribution in [2.75, 3.05) is 37.6 Å². The monoisotopic (exact) mass is 439 g/mol. The van der Waals surface area contributed by atoms with Gasteiger partial charge in [-0.3, -0.25) is 0 Å². The molecule has 0 atom stereocenters. The van der Waals surface area contributed by atoms with E-state index in [0.717, 1.165) is 67.4 Å². The van der Waals surface area contributed by atoms with Gasteiger partial charge in [0.25, 0.3) is 0 Å². The minimum absolute atomic E-state index is 0.407. The second-order valence-electron chi connectivity index (χ2n) is 7.48. The Kier molecular flexibility index (Phi) is 6.81. The number of hydrogen-bond acceptors (Lipinski definition) is 7. The van der Waals surface area contributed by atoms with Crippen LogP contribution in [0.2, 0.25) is 0 Å². The number of benzene rings is 1. The summed E-state index contributed by atoms with van der Waals surface area (Å²) >= 11 is 1.49. The summed E-state index contributed by atoms with van der Waals surface area (Å²) in [7, 11) is 0. The fourth-order valence-corrected chi connectivity index (χ4v) is 4.23. The number of aryl methyl sites for hydroxylation is 2. The van der Waals surface area contributed by atoms with Crippen LogP contribution in [-0.2, 0) is 13.0 Å². The highest BCUT2D eigenvalue weighted by molar-refractivity contribution is 7.09. The average Bonchev–Trinajstić information content (AvgIpc) is 3.47. The molecule has 3 aromatic rings. The van der Waals surface area contributed by atoms with Crippen molar-refractivity contribution in [2.24, 2.45) is 4.99 Å². The van der Waals surface area contributed by atoms with Crippen LogP contribution in [0.25, 0.3) is 11.3 Å². The SMILES string of the molecule is CCNC(=NCc1ncc(-c2ccc(C)cc2)o1)N1CCN(c2nc(CC)ns2)CC1. The number of oxazole rings is 1. The Balaban J connectivity index is 1.38. The minimum Gasteiger partial charge on any atom is -0.439 e. The average molecular weight is 440 g/mol. The summed E-state index contributed by atoms with van der Waals surface area (Å²) in [5.41, 5.74) is 2.25. The van der Waals surface area contributed by atoms with E-state index in [1.807, 2.05) is 12.1 Å². The molecule has 2 aromatic heterocycles. The van der Waals surface area contributed by atoms with Crippen molar-refractivity contribution >= 4 is 22.6 Å². The molecular weight excluding hydrogens is 410 g/mol. The summed E-state index contributed by atoms with van der Waals surface area (Å²) in [6, 6.07) is 8.24. The second-order valence-corrected chi connectivity index (χ2v) is 8.21. The molecule has 1 fully saturated rings. The fourth-order valence-electron chi connectivity index (χ4n) is 3.43. The summed E-state index contributed by atoms with van der Waals surface area (Å²) in [5.74, 6) is 3.20. The molecule has 1 aliphatic heterocycles. The highest BCUT2D eigenvalue weighted by atomic mass is 32.1. The Bertz CT molecular complexity index is 1000. The second kappa shape index (κ2) is 9.91. The molecule has 9 heteroatoms. The predicted molar refractivity (Wildman–Crippen MR) is 125 cm³/mol. The number of aromatic nitrogens is 3. The maximum absolute atomic E-state index is 5.93. The molecule has 164 valence electrons. The van der Waals surface area contributed by atoms with Crippen LogP contribution in [0.3, 0.4) is 0 Å². The molecule has 3 heterocycles. The number of piperazine rings is 1. The topological polar surface area (TPSA) is 82.7 Å². The van der Waals surface area contributed by atoms with E-state index >= 15 is 0 Å². The van der Waals surface area contributed by atoms with Crippen LogP contribution in [0, 0.1) is 6.92 Å². The minimum atomic E-state index is 0.407. The van der Waals surface area contributed by atoms with Crippen LogP contribution in [0.1, 0.15) is 31.1 Å². The van der Waals surface area contributed by atoms with Gasteiger partial charge >= 0.3 is 0 Å². The Morgan fingerprint density at radius 1 is 1.16 bits per heavy atom. The van der Waals surface area contributed by atoms with Crippen LogP contribution in [-0.4, -0.2) is 57.9 Å². The molecule has 0 saturated carbocycles. The van der Waals surface area contributed by atoms with Crippen molar-refractivity contribution in [3.8, 4) is 11.3 Å². The maximum Gasteiger partial charge on any atom is 0.216 e. The zero-order valence-electron chi connectivity index (χ0n) is 18.3. The largest absolute Gasteiger partial charge is 0.439 e. The molecular formula is C22H29N7OS. The summed E-state index contributed by atoms with van der Waals surface area (Å²) in [4.78, 5) is 18.4. The lowest BCUT2D eigenvalue weighted by molar-refractivity contribution is 0.371. The van der Waals surface area contributed by atoms with E-state index in [4.69, 9.17) is 9.41 Å². The van der Waals surface area contributed by atoms with Gasteiger partial charge in [-0.1, -0.05) is 36.8 Å². The molecule has 1 N–H and O–H groups in total. The number of rotatable bonds is 6. The van der Waals surface area contributed by atoms with Crippen LogP contribution in [0.4, 0.5) is 5.13 Å². The predicted octanol–water partition coefficient (Wildman–Crippen LogP) is 3.35. The smallest absolute Gasteiger partial charge is 0.216 e. The van der Waals surface area contributed by atoms with Crippen molar-refractivity contribution in [2.45, 2.75) is 33.7 Å². The van der Waals surface area contributed by atoms with Gasteiger partial charge in [-0.05, 0) is 13.8 Å². The van der Waals surface area contributed by atoms with Crippen LogP contribution < -0.4 is 10.2 Å². The molecule has 0 unspecified atom stereocenters. The van der Waals surface area contributed by atoms with Gasteiger partial charge in [0, 0.05) is 56.2 Å². The Morgan fingerprint density at radius 2 is 1.94 bits per heavy atom. The van der Waals surface area contributed by atoms with Crippen molar-refractivity contribution < 1.29 is 4.42 Å². The standard InChI is InChI=1S/C22H29N7OS/c1-4-19-26-22(31-27-19)29-12-10-28(11-13-29)21(23-5-2)25-15-20-24-14-18(30-20)17-8-6-16(3)7-9-17/h6-9,14H,4-5,10-13,15H2,1-3H3,(H,23,25). The lowest BCUT2D eigenvalue weighted by atomic mass is 10.1. The van der Waals surface area contributed by atoms with Gasteiger partial charge in [0.2, 0.25) is 11.0 Å². The van der Waals surface area contributed by atoms with Crippen LogP contribution in [0.5, 0.6) is 0 Å². The van der Waals surface area contributed by atoms with Gasteiger partial charge < -0.3 is 19.5 Å². The summed E-state index contributed by atoms with van der Waals surface area (Å²) in [6.45, 7) is 11.0. The highest BCUT2D eigenvalue weighted by Crippen LogP contribution is 2.22. The number of nitrogens with zero attached hydrogens (tertiary/aromatic N) is 6. The number of hydrogen-bond donors (Lipinski definition) is 1. The lowest BCUT2D eigenvalue weighted by Gasteiger charge is -2.36. The van der Waals surface area contributed by atoms with Crippen molar-refractivity contribution in [3.05, 3.63) is 47.7 Å². The van der Waals surface area contributed by atoms with E-state index in [1.54, 1.807) is 6.20 Å². The molecule has 0 amide bonds. The normalized spacial score (nSPS) is 14.9. The van der Waals surface area contributed by atoms with Crippen molar-refractivity contribution in [3.63, 3.8) is 0 Å². The number of aliphatic imine (C=N–C) groups is 1. The maximum atomic E-state index is 5.93. The summed E-state index contributed by atoms with van der Waals surface area (Å²) < 4.78 is 10.3. The number of guanidine groups is 1. The van der Waals surface area contributed by atoms with Gasteiger partial charge in [0.05, 0.1) is 6.20 Å². The number of nitrogens with one attached hydrogen (secondary N) is 1. The third-order valence-corrected chi connectivity index (χ3v) is 6.03. The molecule has 0 aliphatic carbocycles. The highest BCUT2D eigenvalue weighted by Gasteiger charge is 2.22. The van der Waals surface area contributed by atoms with Gasteiger partial charge in [-0.2, -0.15) is 4.37 Å². The quantitative estimate of drug-likeness (QED) is 0.466. The Morgan fingerprint density at radius 3 is 2.61 bits per heavy atom. The Hall–Kier alpha value is -2.94. The van der Waals surface area contributed by atoms with Crippen molar-refractivity contribution in [1.82, 2.24) is 24.6 Å². The first kappa shape index (κ1) is 21.3. The third-order valence-electron chi connectivity index (χ3n) is 5.21. The van der Waals surface area contributed by atoms with Gasteiger partial charge in [0.15, 0.2) is 11.7 Å². The molecule has 1 saturated heterocycles. The van der Waals surface area contributed by atoms with Gasteiger partial charge in [-0.15, -0.1) is 0 Å². The van der Waals surface area contributed by atoms with E-state index in [0.29, 0.717) is 12.4 Å². The lowest BCUT2D eigenvalue weighted by Crippen LogP contribution is -2.52. The first-order valence-electron chi connectivity index (χ1n) is 10.8. The van der Waals surface area contributed by atoms with Crippen molar-refractivity contribution in [1.29, 1.82) is 0 Å². The molecule has 1 aromatic carbocycles. The fraction of sp³-hybridized carbons (Fsp3) is 0.455. The zero-order chi connectivity index (χ0) is 21.6. The van der Waals surface area contributed by atoms with E-state index in [2.05, 4.69) is 62.4 Å². The summed E-state index contributed by atoms with van der Waals surface area (Å²) in [5, 5.41) is 4.41. The van der Waals surface area contributed by atoms with E-state index in [9.17, 15) is 0 Å². The van der Waals surface area contributed by atoms with Crippen LogP contribution >= 0.6 is 11.5 Å².